The maximum atomic E-state index is 12.4. The predicted molar refractivity (Wildman–Crippen MR) is 80.6 cm³/mol. The second-order valence-corrected chi connectivity index (χ2v) is 8.15. The van der Waals surface area contributed by atoms with Gasteiger partial charge in [0.1, 0.15) is 0 Å². The van der Waals surface area contributed by atoms with Crippen molar-refractivity contribution >= 4 is 21.4 Å². The molecule has 114 valence electrons. The van der Waals surface area contributed by atoms with Crippen LogP contribution in [-0.2, 0) is 21.3 Å². The van der Waals surface area contributed by atoms with Gasteiger partial charge in [0.15, 0.2) is 0 Å². The van der Waals surface area contributed by atoms with Gasteiger partial charge in [0.25, 0.3) is 0 Å². The zero-order valence-corrected chi connectivity index (χ0v) is 13.6. The van der Waals surface area contributed by atoms with Crippen LogP contribution < -0.4 is 10.0 Å². The molecular weight excluding hydrogens is 296 g/mol. The fourth-order valence-corrected chi connectivity index (χ4v) is 5.07. The van der Waals surface area contributed by atoms with E-state index in [0.717, 1.165) is 35.8 Å². The molecule has 5 nitrogen and oxygen atoms in total. The molecule has 0 amide bonds. The van der Waals surface area contributed by atoms with E-state index in [9.17, 15) is 8.42 Å². The van der Waals surface area contributed by atoms with E-state index in [1.54, 1.807) is 6.07 Å². The molecule has 2 N–H and O–H groups in total. The first-order valence-electron chi connectivity index (χ1n) is 6.84. The minimum Gasteiger partial charge on any atom is -0.381 e. The molecule has 1 saturated heterocycles. The number of sulfonamides is 1. The van der Waals surface area contributed by atoms with Gasteiger partial charge in [0.05, 0.1) is 4.90 Å². The van der Waals surface area contributed by atoms with E-state index in [1.165, 1.54) is 11.3 Å². The summed E-state index contributed by atoms with van der Waals surface area (Å²) < 4.78 is 32.7. The Labute approximate surface area is 124 Å². The number of thiophene rings is 1. The molecule has 0 atom stereocenters. The molecule has 7 heteroatoms. The molecule has 0 aliphatic carbocycles. The first-order valence-corrected chi connectivity index (χ1v) is 9.14. The SMILES string of the molecule is CNCc1cc(S(=O)(=O)NCC2CCOCC2)c(C)s1. The normalized spacial score (nSPS) is 17.5. The van der Waals surface area contributed by atoms with Crippen molar-refractivity contribution in [3.63, 3.8) is 0 Å². The van der Waals surface area contributed by atoms with E-state index in [-0.39, 0.29) is 0 Å². The Bertz CT molecular complexity index is 534. The summed E-state index contributed by atoms with van der Waals surface area (Å²) in [6.07, 6.45) is 1.85. The molecular formula is C13H22N2O3S2. The van der Waals surface area contributed by atoms with Gasteiger partial charge >= 0.3 is 0 Å². The second-order valence-electron chi connectivity index (χ2n) is 5.07. The molecule has 1 aliphatic rings. The van der Waals surface area contributed by atoms with Crippen molar-refractivity contribution in [3.05, 3.63) is 15.8 Å². The Morgan fingerprint density at radius 2 is 2.10 bits per heavy atom. The Hall–Kier alpha value is -0.470. The van der Waals surface area contributed by atoms with Gasteiger partial charge in [0, 0.05) is 36.1 Å². The van der Waals surface area contributed by atoms with Gasteiger partial charge in [-0.05, 0) is 38.8 Å². The van der Waals surface area contributed by atoms with E-state index in [2.05, 4.69) is 10.0 Å². The van der Waals surface area contributed by atoms with Gasteiger partial charge < -0.3 is 10.1 Å². The van der Waals surface area contributed by atoms with E-state index in [0.29, 0.717) is 23.9 Å². The van der Waals surface area contributed by atoms with Crippen molar-refractivity contribution in [2.75, 3.05) is 26.8 Å². The van der Waals surface area contributed by atoms with Crippen LogP contribution in [0.4, 0.5) is 0 Å². The van der Waals surface area contributed by atoms with Gasteiger partial charge in [-0.15, -0.1) is 11.3 Å². The molecule has 1 aromatic heterocycles. The van der Waals surface area contributed by atoms with Crippen LogP contribution in [0.25, 0.3) is 0 Å². The Morgan fingerprint density at radius 1 is 1.40 bits per heavy atom. The first kappa shape index (κ1) is 15.9. The summed E-state index contributed by atoms with van der Waals surface area (Å²) in [6.45, 7) is 4.52. The molecule has 2 rings (SSSR count). The monoisotopic (exact) mass is 318 g/mol. The van der Waals surface area contributed by atoms with Gasteiger partial charge in [-0.2, -0.15) is 0 Å². The van der Waals surface area contributed by atoms with E-state index in [1.807, 2.05) is 14.0 Å². The third kappa shape index (κ3) is 4.02. The maximum Gasteiger partial charge on any atom is 0.241 e. The van der Waals surface area contributed by atoms with Crippen molar-refractivity contribution in [2.24, 2.45) is 5.92 Å². The highest BCUT2D eigenvalue weighted by molar-refractivity contribution is 7.89. The van der Waals surface area contributed by atoms with Crippen molar-refractivity contribution < 1.29 is 13.2 Å². The van der Waals surface area contributed by atoms with Gasteiger partial charge in [-0.3, -0.25) is 0 Å². The third-order valence-electron chi connectivity index (χ3n) is 3.47. The summed E-state index contributed by atoms with van der Waals surface area (Å²) in [5, 5.41) is 3.04. The average Bonchev–Trinajstić information content (AvgIpc) is 2.80. The Kier molecular flexibility index (Phi) is 5.57. The molecule has 20 heavy (non-hydrogen) atoms. The minimum absolute atomic E-state index is 0.384. The quantitative estimate of drug-likeness (QED) is 0.834. The first-order chi connectivity index (χ1) is 9.53. The lowest BCUT2D eigenvalue weighted by Gasteiger charge is -2.22. The highest BCUT2D eigenvalue weighted by atomic mass is 32.2. The van der Waals surface area contributed by atoms with Crippen LogP contribution in [0.1, 0.15) is 22.6 Å². The van der Waals surface area contributed by atoms with E-state index in [4.69, 9.17) is 4.74 Å². The molecule has 0 saturated carbocycles. The Morgan fingerprint density at radius 3 is 2.75 bits per heavy atom. The van der Waals surface area contributed by atoms with Crippen LogP contribution in [0, 0.1) is 12.8 Å². The van der Waals surface area contributed by atoms with Gasteiger partial charge in [-0.1, -0.05) is 0 Å². The highest BCUT2D eigenvalue weighted by Crippen LogP contribution is 2.26. The minimum atomic E-state index is -3.40. The van der Waals surface area contributed by atoms with Crippen LogP contribution in [0.5, 0.6) is 0 Å². The van der Waals surface area contributed by atoms with Crippen molar-refractivity contribution in [3.8, 4) is 0 Å². The molecule has 0 bridgehead atoms. The number of nitrogens with one attached hydrogen (secondary N) is 2. The summed E-state index contributed by atoms with van der Waals surface area (Å²) >= 11 is 1.53. The second kappa shape index (κ2) is 7.00. The van der Waals surface area contributed by atoms with E-state index >= 15 is 0 Å². The number of ether oxygens (including phenoxy) is 1. The largest absolute Gasteiger partial charge is 0.381 e. The van der Waals surface area contributed by atoms with Crippen molar-refractivity contribution in [1.29, 1.82) is 0 Å². The number of hydrogen-bond donors (Lipinski definition) is 2. The van der Waals surface area contributed by atoms with Crippen LogP contribution >= 0.6 is 11.3 Å². The molecule has 2 heterocycles. The summed E-state index contributed by atoms with van der Waals surface area (Å²) in [4.78, 5) is 2.30. The van der Waals surface area contributed by atoms with Crippen LogP contribution in [0.2, 0.25) is 0 Å². The molecule has 0 spiro atoms. The fourth-order valence-electron chi connectivity index (χ4n) is 2.31. The lowest BCUT2D eigenvalue weighted by Crippen LogP contribution is -2.32. The average molecular weight is 318 g/mol. The lowest BCUT2D eigenvalue weighted by atomic mass is 10.0. The fraction of sp³-hybridized carbons (Fsp3) is 0.692. The molecule has 0 aromatic carbocycles. The number of hydrogen-bond acceptors (Lipinski definition) is 5. The predicted octanol–water partition coefficient (Wildman–Crippen LogP) is 1.48. The number of aryl methyl sites for hydroxylation is 1. The summed E-state index contributed by atoms with van der Waals surface area (Å²) in [6, 6.07) is 1.77. The highest BCUT2D eigenvalue weighted by Gasteiger charge is 2.22. The zero-order valence-electron chi connectivity index (χ0n) is 11.9. The number of rotatable bonds is 6. The lowest BCUT2D eigenvalue weighted by molar-refractivity contribution is 0.0678. The molecule has 0 unspecified atom stereocenters. The molecule has 1 aliphatic heterocycles. The van der Waals surface area contributed by atoms with E-state index < -0.39 is 10.0 Å². The van der Waals surface area contributed by atoms with Crippen LogP contribution in [0.3, 0.4) is 0 Å². The van der Waals surface area contributed by atoms with Gasteiger partial charge in [-0.25, -0.2) is 13.1 Å². The van der Waals surface area contributed by atoms with Crippen LogP contribution in [0.15, 0.2) is 11.0 Å². The molecule has 1 aromatic rings. The summed E-state index contributed by atoms with van der Waals surface area (Å²) in [5.74, 6) is 0.384. The van der Waals surface area contributed by atoms with Gasteiger partial charge in [0.2, 0.25) is 10.0 Å². The standard InChI is InChI=1S/C13H22N2O3S2/c1-10-13(7-12(19-10)9-14-2)20(16,17)15-8-11-3-5-18-6-4-11/h7,11,14-15H,3-6,8-9H2,1-2H3. The zero-order chi connectivity index (χ0) is 14.6. The molecule has 0 radical (unpaired) electrons. The Balaban J connectivity index is 2.01. The molecule has 1 fully saturated rings. The van der Waals surface area contributed by atoms with Crippen molar-refractivity contribution in [2.45, 2.75) is 31.2 Å². The third-order valence-corrected chi connectivity index (χ3v) is 6.20. The maximum absolute atomic E-state index is 12.4. The van der Waals surface area contributed by atoms with Crippen LogP contribution in [-0.4, -0.2) is 35.2 Å². The van der Waals surface area contributed by atoms with Crippen molar-refractivity contribution in [1.82, 2.24) is 10.0 Å². The summed E-state index contributed by atoms with van der Waals surface area (Å²) in [7, 11) is -1.54. The smallest absolute Gasteiger partial charge is 0.241 e. The summed E-state index contributed by atoms with van der Waals surface area (Å²) in [5.41, 5.74) is 0. The topological polar surface area (TPSA) is 67.4 Å².